The molecule has 0 aromatic heterocycles. The van der Waals surface area contributed by atoms with Crippen molar-refractivity contribution < 1.29 is 14.6 Å². The summed E-state index contributed by atoms with van der Waals surface area (Å²) in [6.07, 6.45) is 5.98. The molecular formula is C15H19BrO3. The third-order valence-electron chi connectivity index (χ3n) is 2.67. The molecule has 0 atom stereocenters. The smallest absolute Gasteiger partial charge is 0.328 e. The maximum Gasteiger partial charge on any atom is 0.328 e. The second-order valence-electron chi connectivity index (χ2n) is 4.37. The number of rotatable bonds is 7. The predicted octanol–water partition coefficient (Wildman–Crippen LogP) is 4.42. The van der Waals surface area contributed by atoms with Crippen molar-refractivity contribution in [3.63, 3.8) is 0 Å². The van der Waals surface area contributed by atoms with Gasteiger partial charge in [-0.3, -0.25) is 0 Å². The summed E-state index contributed by atoms with van der Waals surface area (Å²) in [5.74, 6) is -0.202. The zero-order chi connectivity index (χ0) is 14.3. The number of unbranched alkanes of at least 4 members (excludes halogenated alkanes) is 2. The number of carboxylic acid groups (broad SMARTS) is 1. The average molecular weight is 327 g/mol. The Balaban J connectivity index is 2.89. The minimum absolute atomic E-state index is 0.657. The molecule has 0 fully saturated rings. The number of aryl methyl sites for hydroxylation is 1. The van der Waals surface area contributed by atoms with Gasteiger partial charge in [0, 0.05) is 16.1 Å². The first-order chi connectivity index (χ1) is 9.04. The van der Waals surface area contributed by atoms with E-state index < -0.39 is 5.97 Å². The molecule has 1 rings (SSSR count). The van der Waals surface area contributed by atoms with Crippen LogP contribution in [0.5, 0.6) is 5.75 Å². The molecule has 1 N–H and O–H groups in total. The fourth-order valence-electron chi connectivity index (χ4n) is 1.76. The number of carboxylic acids is 1. The van der Waals surface area contributed by atoms with Gasteiger partial charge in [-0.2, -0.15) is 0 Å². The van der Waals surface area contributed by atoms with Crippen LogP contribution in [0.4, 0.5) is 0 Å². The van der Waals surface area contributed by atoms with Crippen LogP contribution in [0.15, 0.2) is 22.7 Å². The van der Waals surface area contributed by atoms with E-state index in [9.17, 15) is 4.79 Å². The number of carbonyl (C=O) groups is 1. The van der Waals surface area contributed by atoms with Crippen molar-refractivity contribution in [3.05, 3.63) is 33.8 Å². The third-order valence-corrected chi connectivity index (χ3v) is 3.13. The quantitative estimate of drug-likeness (QED) is 0.595. The van der Waals surface area contributed by atoms with Gasteiger partial charge in [-0.1, -0.05) is 35.7 Å². The Morgan fingerprint density at radius 1 is 1.42 bits per heavy atom. The van der Waals surface area contributed by atoms with Crippen molar-refractivity contribution in [3.8, 4) is 5.75 Å². The summed E-state index contributed by atoms with van der Waals surface area (Å²) in [6.45, 7) is 4.76. The highest BCUT2D eigenvalue weighted by atomic mass is 79.9. The summed E-state index contributed by atoms with van der Waals surface area (Å²) < 4.78 is 6.71. The number of hydrogen-bond acceptors (Lipinski definition) is 2. The van der Waals surface area contributed by atoms with E-state index in [1.165, 1.54) is 0 Å². The van der Waals surface area contributed by atoms with Gasteiger partial charge < -0.3 is 9.84 Å². The Morgan fingerprint density at radius 3 is 2.79 bits per heavy atom. The largest absolute Gasteiger partial charge is 0.493 e. The van der Waals surface area contributed by atoms with Gasteiger partial charge in [0.15, 0.2) is 0 Å². The summed E-state index contributed by atoms with van der Waals surface area (Å²) in [5, 5.41) is 8.71. The highest BCUT2D eigenvalue weighted by Crippen LogP contribution is 2.29. The lowest BCUT2D eigenvalue weighted by Gasteiger charge is -2.13. The lowest BCUT2D eigenvalue weighted by molar-refractivity contribution is -0.131. The molecule has 0 aliphatic heterocycles. The molecule has 0 saturated heterocycles. The molecule has 0 amide bonds. The number of halogens is 1. The van der Waals surface area contributed by atoms with E-state index in [4.69, 9.17) is 9.84 Å². The fourth-order valence-corrected chi connectivity index (χ4v) is 2.35. The van der Waals surface area contributed by atoms with Crippen LogP contribution >= 0.6 is 15.9 Å². The Labute approximate surface area is 122 Å². The molecule has 0 heterocycles. The van der Waals surface area contributed by atoms with Crippen LogP contribution in [-0.4, -0.2) is 17.7 Å². The van der Waals surface area contributed by atoms with Gasteiger partial charge >= 0.3 is 5.97 Å². The van der Waals surface area contributed by atoms with Gasteiger partial charge in [-0.25, -0.2) is 4.79 Å². The maximum atomic E-state index is 10.6. The highest BCUT2D eigenvalue weighted by molar-refractivity contribution is 9.10. The molecule has 0 aliphatic rings. The topological polar surface area (TPSA) is 46.5 Å². The molecule has 1 aromatic carbocycles. The van der Waals surface area contributed by atoms with E-state index in [2.05, 4.69) is 22.9 Å². The summed E-state index contributed by atoms with van der Waals surface area (Å²) in [5.41, 5.74) is 1.78. The minimum atomic E-state index is -0.963. The lowest BCUT2D eigenvalue weighted by atomic mass is 10.1. The second kappa shape index (κ2) is 8.00. The highest BCUT2D eigenvalue weighted by Gasteiger charge is 2.07. The molecule has 104 valence electrons. The van der Waals surface area contributed by atoms with E-state index >= 15 is 0 Å². The van der Waals surface area contributed by atoms with E-state index in [1.807, 2.05) is 19.1 Å². The zero-order valence-corrected chi connectivity index (χ0v) is 12.9. The molecule has 3 nitrogen and oxygen atoms in total. The van der Waals surface area contributed by atoms with Crippen LogP contribution in [0.2, 0.25) is 0 Å². The number of ether oxygens (including phenoxy) is 1. The van der Waals surface area contributed by atoms with Gasteiger partial charge in [-0.05, 0) is 37.1 Å². The van der Waals surface area contributed by atoms with Crippen molar-refractivity contribution in [2.45, 2.75) is 33.1 Å². The molecule has 0 aliphatic carbocycles. The van der Waals surface area contributed by atoms with Crippen LogP contribution < -0.4 is 4.74 Å². The van der Waals surface area contributed by atoms with Crippen LogP contribution in [0.1, 0.15) is 37.3 Å². The van der Waals surface area contributed by atoms with Crippen LogP contribution in [0.3, 0.4) is 0 Å². The molecule has 0 radical (unpaired) electrons. The molecule has 0 unspecified atom stereocenters. The standard InChI is InChI=1S/C15H19BrO3/c1-3-4-5-8-19-15-11(2)9-13(16)10-12(15)6-7-14(17)18/h6-7,9-10H,3-5,8H2,1-2H3,(H,17,18)/b7-6+. The van der Waals surface area contributed by atoms with E-state index in [-0.39, 0.29) is 0 Å². The first kappa shape index (κ1) is 15.8. The van der Waals surface area contributed by atoms with Gasteiger partial charge in [0.25, 0.3) is 0 Å². The van der Waals surface area contributed by atoms with Gasteiger partial charge in [0.1, 0.15) is 5.75 Å². The van der Waals surface area contributed by atoms with E-state index in [1.54, 1.807) is 6.08 Å². The summed E-state index contributed by atoms with van der Waals surface area (Å²) in [7, 11) is 0. The fraction of sp³-hybridized carbons (Fsp3) is 0.400. The van der Waals surface area contributed by atoms with Crippen LogP contribution in [-0.2, 0) is 4.79 Å². The van der Waals surface area contributed by atoms with Crippen molar-refractivity contribution in [1.29, 1.82) is 0 Å². The van der Waals surface area contributed by atoms with Gasteiger partial charge in [0.05, 0.1) is 6.61 Å². The molecule has 0 saturated carbocycles. The number of hydrogen-bond donors (Lipinski definition) is 1. The molecule has 19 heavy (non-hydrogen) atoms. The van der Waals surface area contributed by atoms with Crippen molar-refractivity contribution in [2.24, 2.45) is 0 Å². The Morgan fingerprint density at radius 2 is 2.16 bits per heavy atom. The first-order valence-electron chi connectivity index (χ1n) is 6.38. The van der Waals surface area contributed by atoms with Crippen molar-refractivity contribution in [1.82, 2.24) is 0 Å². The maximum absolute atomic E-state index is 10.6. The minimum Gasteiger partial charge on any atom is -0.493 e. The SMILES string of the molecule is CCCCCOc1c(C)cc(Br)cc1/C=C/C(=O)O. The number of aliphatic carboxylic acids is 1. The van der Waals surface area contributed by atoms with Gasteiger partial charge in [-0.15, -0.1) is 0 Å². The monoisotopic (exact) mass is 326 g/mol. The molecule has 1 aromatic rings. The summed E-state index contributed by atoms with van der Waals surface area (Å²) >= 11 is 3.41. The third kappa shape index (κ3) is 5.47. The Hall–Kier alpha value is -1.29. The molecule has 0 bridgehead atoms. The molecule has 4 heteroatoms. The Kier molecular flexibility index (Phi) is 6.64. The second-order valence-corrected chi connectivity index (χ2v) is 5.28. The molecule has 0 spiro atoms. The summed E-state index contributed by atoms with van der Waals surface area (Å²) in [6, 6.07) is 3.83. The van der Waals surface area contributed by atoms with Crippen LogP contribution in [0, 0.1) is 6.92 Å². The van der Waals surface area contributed by atoms with E-state index in [0.717, 1.165) is 46.7 Å². The Bertz CT molecular complexity index is 467. The van der Waals surface area contributed by atoms with Gasteiger partial charge in [0.2, 0.25) is 0 Å². The lowest BCUT2D eigenvalue weighted by Crippen LogP contribution is -2.01. The van der Waals surface area contributed by atoms with Crippen molar-refractivity contribution in [2.75, 3.05) is 6.61 Å². The van der Waals surface area contributed by atoms with E-state index in [0.29, 0.717) is 6.61 Å². The first-order valence-corrected chi connectivity index (χ1v) is 7.18. The summed E-state index contributed by atoms with van der Waals surface area (Å²) in [4.78, 5) is 10.6. The number of benzene rings is 1. The van der Waals surface area contributed by atoms with Crippen molar-refractivity contribution >= 4 is 28.0 Å². The average Bonchev–Trinajstić information content (AvgIpc) is 2.34. The predicted molar refractivity (Wildman–Crippen MR) is 80.6 cm³/mol. The normalized spacial score (nSPS) is 10.9. The zero-order valence-electron chi connectivity index (χ0n) is 11.3. The molecular weight excluding hydrogens is 308 g/mol. The van der Waals surface area contributed by atoms with Crippen LogP contribution in [0.25, 0.3) is 6.08 Å².